The van der Waals surface area contributed by atoms with Crippen LogP contribution in [0.5, 0.6) is 0 Å². The molecule has 2 heterocycles. The second-order valence-electron chi connectivity index (χ2n) is 5.59. The maximum absolute atomic E-state index is 13.2. The fourth-order valence-electron chi connectivity index (χ4n) is 3.06. The first-order valence-corrected chi connectivity index (χ1v) is 7.31. The lowest BCUT2D eigenvalue weighted by molar-refractivity contribution is 0.182. The number of nitrogens with two attached hydrogens (primary N) is 1. The smallest absolute Gasteiger partial charge is 0.201 e. The van der Waals surface area contributed by atoms with E-state index in [-0.39, 0.29) is 5.82 Å². The van der Waals surface area contributed by atoms with E-state index in [9.17, 15) is 4.39 Å². The lowest BCUT2D eigenvalue weighted by Crippen LogP contribution is -2.34. The number of halogens is 1. The predicted molar refractivity (Wildman–Crippen MR) is 78.9 cm³/mol. The van der Waals surface area contributed by atoms with Gasteiger partial charge in [-0.1, -0.05) is 6.92 Å². The number of aromatic nitrogens is 2. The van der Waals surface area contributed by atoms with Crippen molar-refractivity contribution in [3.63, 3.8) is 0 Å². The minimum atomic E-state index is -0.265. The minimum Gasteiger partial charge on any atom is -0.369 e. The van der Waals surface area contributed by atoms with Gasteiger partial charge in [0.05, 0.1) is 11.0 Å². The molecule has 1 aromatic heterocycles. The fraction of sp³-hybridized carbons (Fsp3) is 0.533. The van der Waals surface area contributed by atoms with E-state index in [0.29, 0.717) is 17.4 Å². The molecule has 108 valence electrons. The van der Waals surface area contributed by atoms with E-state index in [1.54, 1.807) is 6.07 Å². The van der Waals surface area contributed by atoms with Crippen LogP contribution >= 0.6 is 0 Å². The summed E-state index contributed by atoms with van der Waals surface area (Å²) in [5.41, 5.74) is 7.57. The predicted octanol–water partition coefficient (Wildman–Crippen LogP) is 2.49. The van der Waals surface area contributed by atoms with E-state index in [2.05, 4.69) is 16.8 Å². The number of imidazole rings is 1. The van der Waals surface area contributed by atoms with Gasteiger partial charge < -0.3 is 15.2 Å². The Morgan fingerprint density at radius 2 is 2.10 bits per heavy atom. The van der Waals surface area contributed by atoms with Crippen LogP contribution in [-0.2, 0) is 6.54 Å². The third-order valence-electron chi connectivity index (χ3n) is 4.33. The second kappa shape index (κ2) is 5.40. The van der Waals surface area contributed by atoms with Gasteiger partial charge in [0.25, 0.3) is 0 Å². The van der Waals surface area contributed by atoms with E-state index in [0.717, 1.165) is 31.7 Å². The molecular weight excluding hydrogens is 255 g/mol. The van der Waals surface area contributed by atoms with Crippen LogP contribution in [0.2, 0.25) is 0 Å². The molecule has 5 heteroatoms. The van der Waals surface area contributed by atoms with Gasteiger partial charge in [0.2, 0.25) is 5.95 Å². The van der Waals surface area contributed by atoms with Crippen LogP contribution in [0.3, 0.4) is 0 Å². The van der Waals surface area contributed by atoms with E-state index >= 15 is 0 Å². The molecule has 0 unspecified atom stereocenters. The number of hydrogen-bond donors (Lipinski definition) is 1. The summed E-state index contributed by atoms with van der Waals surface area (Å²) >= 11 is 0. The molecule has 0 saturated carbocycles. The molecule has 0 bridgehead atoms. The second-order valence-corrected chi connectivity index (χ2v) is 5.59. The first-order valence-electron chi connectivity index (χ1n) is 7.31. The van der Waals surface area contributed by atoms with Crippen molar-refractivity contribution in [3.8, 4) is 0 Å². The Bertz CT molecular complexity index is 599. The highest BCUT2D eigenvalue weighted by Crippen LogP contribution is 2.24. The number of fused-ring (bicyclic) bond motifs is 1. The molecule has 1 saturated heterocycles. The molecule has 1 aliphatic rings. The standard InChI is InChI=1S/C15H21FN4/c1-2-19-7-5-11(6-8-19)10-20-14-4-3-12(16)9-13(14)18-15(20)17/h3-4,9,11H,2,5-8,10H2,1H3,(H2,17,18). The summed E-state index contributed by atoms with van der Waals surface area (Å²) < 4.78 is 15.3. The van der Waals surface area contributed by atoms with Gasteiger partial charge in [-0.25, -0.2) is 9.37 Å². The van der Waals surface area contributed by atoms with Crippen molar-refractivity contribution in [2.45, 2.75) is 26.3 Å². The van der Waals surface area contributed by atoms with Gasteiger partial charge in [0, 0.05) is 12.6 Å². The summed E-state index contributed by atoms with van der Waals surface area (Å²) in [6.07, 6.45) is 2.38. The molecule has 20 heavy (non-hydrogen) atoms. The summed E-state index contributed by atoms with van der Waals surface area (Å²) in [5.74, 6) is 0.851. The summed E-state index contributed by atoms with van der Waals surface area (Å²) in [6, 6.07) is 4.69. The maximum atomic E-state index is 13.2. The van der Waals surface area contributed by atoms with Crippen molar-refractivity contribution in [3.05, 3.63) is 24.0 Å². The summed E-state index contributed by atoms with van der Waals surface area (Å²) in [4.78, 5) is 6.73. The van der Waals surface area contributed by atoms with Gasteiger partial charge in [-0.05, 0) is 50.5 Å². The zero-order chi connectivity index (χ0) is 14.1. The summed E-state index contributed by atoms with van der Waals surface area (Å²) in [5, 5.41) is 0. The number of hydrogen-bond acceptors (Lipinski definition) is 3. The van der Waals surface area contributed by atoms with Gasteiger partial charge in [0.1, 0.15) is 5.82 Å². The number of nitrogens with zero attached hydrogens (tertiary/aromatic N) is 3. The summed E-state index contributed by atoms with van der Waals surface area (Å²) in [6.45, 7) is 6.52. The highest BCUT2D eigenvalue weighted by Gasteiger charge is 2.20. The Morgan fingerprint density at radius 1 is 1.35 bits per heavy atom. The highest BCUT2D eigenvalue weighted by atomic mass is 19.1. The van der Waals surface area contributed by atoms with Crippen molar-refractivity contribution in [1.29, 1.82) is 0 Å². The highest BCUT2D eigenvalue weighted by molar-refractivity contribution is 5.78. The number of rotatable bonds is 3. The molecular formula is C15H21FN4. The fourth-order valence-corrected chi connectivity index (χ4v) is 3.06. The zero-order valence-electron chi connectivity index (χ0n) is 11.8. The maximum Gasteiger partial charge on any atom is 0.201 e. The van der Waals surface area contributed by atoms with Crippen LogP contribution in [-0.4, -0.2) is 34.1 Å². The van der Waals surface area contributed by atoms with E-state index in [1.165, 1.54) is 25.0 Å². The molecule has 0 spiro atoms. The number of anilines is 1. The number of likely N-dealkylation sites (tertiary alicyclic amines) is 1. The number of benzene rings is 1. The Hall–Kier alpha value is -1.62. The normalized spacial score (nSPS) is 17.9. The van der Waals surface area contributed by atoms with E-state index in [1.807, 2.05) is 4.57 Å². The molecule has 1 fully saturated rings. The van der Waals surface area contributed by atoms with Gasteiger partial charge >= 0.3 is 0 Å². The molecule has 1 aliphatic heterocycles. The van der Waals surface area contributed by atoms with Gasteiger partial charge in [-0.2, -0.15) is 0 Å². The van der Waals surface area contributed by atoms with Crippen molar-refractivity contribution in [2.75, 3.05) is 25.4 Å². The van der Waals surface area contributed by atoms with Crippen LogP contribution in [0.4, 0.5) is 10.3 Å². The van der Waals surface area contributed by atoms with Gasteiger partial charge in [-0.3, -0.25) is 0 Å². The average molecular weight is 276 g/mol. The SMILES string of the molecule is CCN1CCC(Cn2c(N)nc3cc(F)ccc32)CC1. The lowest BCUT2D eigenvalue weighted by atomic mass is 9.96. The molecule has 0 atom stereocenters. The van der Waals surface area contributed by atoms with Crippen molar-refractivity contribution >= 4 is 17.0 Å². The van der Waals surface area contributed by atoms with Crippen LogP contribution in [0, 0.1) is 11.7 Å². The monoisotopic (exact) mass is 276 g/mol. The van der Waals surface area contributed by atoms with Crippen molar-refractivity contribution < 1.29 is 4.39 Å². The van der Waals surface area contributed by atoms with Crippen LogP contribution in [0.15, 0.2) is 18.2 Å². The average Bonchev–Trinajstić information content (AvgIpc) is 2.75. The Balaban J connectivity index is 1.79. The molecule has 2 N–H and O–H groups in total. The number of nitrogen functional groups attached to an aromatic ring is 1. The zero-order valence-corrected chi connectivity index (χ0v) is 11.8. The van der Waals surface area contributed by atoms with Crippen molar-refractivity contribution in [2.24, 2.45) is 5.92 Å². The van der Waals surface area contributed by atoms with Crippen LogP contribution < -0.4 is 5.73 Å². The molecule has 1 aromatic carbocycles. The molecule has 0 radical (unpaired) electrons. The quantitative estimate of drug-likeness (QED) is 0.937. The van der Waals surface area contributed by atoms with E-state index in [4.69, 9.17) is 5.73 Å². The molecule has 3 rings (SSSR count). The van der Waals surface area contributed by atoms with Crippen LogP contribution in [0.1, 0.15) is 19.8 Å². The van der Waals surface area contributed by atoms with E-state index < -0.39 is 0 Å². The lowest BCUT2D eigenvalue weighted by Gasteiger charge is -2.31. The minimum absolute atomic E-state index is 0.265. The van der Waals surface area contributed by atoms with Crippen molar-refractivity contribution in [1.82, 2.24) is 14.5 Å². The topological polar surface area (TPSA) is 47.1 Å². The largest absolute Gasteiger partial charge is 0.369 e. The molecule has 0 amide bonds. The number of piperidine rings is 1. The third kappa shape index (κ3) is 2.50. The first-order chi connectivity index (χ1) is 9.67. The Morgan fingerprint density at radius 3 is 2.80 bits per heavy atom. The Kier molecular flexibility index (Phi) is 3.61. The third-order valence-corrected chi connectivity index (χ3v) is 4.33. The van der Waals surface area contributed by atoms with Gasteiger partial charge in [0.15, 0.2) is 0 Å². The van der Waals surface area contributed by atoms with Gasteiger partial charge in [-0.15, -0.1) is 0 Å². The molecule has 0 aliphatic carbocycles. The summed E-state index contributed by atoms with van der Waals surface area (Å²) in [7, 11) is 0. The van der Waals surface area contributed by atoms with Crippen LogP contribution in [0.25, 0.3) is 11.0 Å². The first kappa shape index (κ1) is 13.4. The molecule has 2 aromatic rings. The Labute approximate surface area is 118 Å². The molecule has 4 nitrogen and oxygen atoms in total.